The molecule has 4 rings (SSSR count). The number of carbonyl (C=O) groups excluding carboxylic acids is 1. The van der Waals surface area contributed by atoms with Gasteiger partial charge in [-0.25, -0.2) is 0 Å². The van der Waals surface area contributed by atoms with Crippen LogP contribution in [0.2, 0.25) is 0 Å². The lowest BCUT2D eigenvalue weighted by Crippen LogP contribution is -2.43. The summed E-state index contributed by atoms with van der Waals surface area (Å²) in [5.41, 5.74) is 1.91. The molecule has 6 heteroatoms. The number of rotatable bonds is 3. The summed E-state index contributed by atoms with van der Waals surface area (Å²) in [4.78, 5) is 27.0. The van der Waals surface area contributed by atoms with E-state index in [0.29, 0.717) is 5.56 Å². The van der Waals surface area contributed by atoms with Crippen LogP contribution in [0.15, 0.2) is 43.1 Å². The molecule has 2 aromatic heterocycles. The number of aromatic nitrogens is 3. The van der Waals surface area contributed by atoms with Crippen LogP contribution in [0.4, 0.5) is 0 Å². The van der Waals surface area contributed by atoms with Crippen molar-refractivity contribution in [1.29, 1.82) is 0 Å². The molecule has 0 aliphatic carbocycles. The zero-order valence-electron chi connectivity index (χ0n) is 14.2. The molecule has 0 N–H and O–H groups in total. The molecule has 2 aliphatic rings. The summed E-state index contributed by atoms with van der Waals surface area (Å²) in [5.74, 6) is 0.104. The van der Waals surface area contributed by atoms with Crippen molar-refractivity contribution in [3.05, 3.63) is 54.4 Å². The lowest BCUT2D eigenvalue weighted by molar-refractivity contribution is 0.0495. The maximum atomic E-state index is 12.6. The van der Waals surface area contributed by atoms with Gasteiger partial charge >= 0.3 is 0 Å². The number of hydrogen-bond donors (Lipinski definition) is 0. The van der Waals surface area contributed by atoms with Crippen molar-refractivity contribution in [3.8, 4) is 0 Å². The first-order valence-electron chi connectivity index (χ1n) is 8.80. The molecule has 2 aliphatic heterocycles. The molecule has 0 radical (unpaired) electrons. The van der Waals surface area contributed by atoms with Crippen LogP contribution in [0.25, 0.3) is 0 Å². The van der Waals surface area contributed by atoms with E-state index in [9.17, 15) is 4.79 Å². The van der Waals surface area contributed by atoms with E-state index in [1.165, 1.54) is 0 Å². The highest BCUT2D eigenvalue weighted by molar-refractivity contribution is 5.94. The number of amides is 1. The number of nitrogens with zero attached hydrogens (tertiary/aromatic N) is 4. The van der Waals surface area contributed by atoms with Crippen LogP contribution in [0.1, 0.15) is 35.3 Å². The molecule has 0 saturated carbocycles. The van der Waals surface area contributed by atoms with Crippen molar-refractivity contribution < 1.29 is 9.53 Å². The number of pyridine rings is 1. The second kappa shape index (κ2) is 6.88. The van der Waals surface area contributed by atoms with Crippen LogP contribution in [0.5, 0.6) is 0 Å². The Morgan fingerprint density at radius 2 is 1.96 bits per heavy atom. The Morgan fingerprint density at radius 3 is 2.68 bits per heavy atom. The molecule has 2 fully saturated rings. The topological polar surface area (TPSA) is 68.2 Å². The van der Waals surface area contributed by atoms with E-state index in [4.69, 9.17) is 4.74 Å². The van der Waals surface area contributed by atoms with Gasteiger partial charge in [-0.05, 0) is 36.8 Å². The van der Waals surface area contributed by atoms with Gasteiger partial charge in [0.1, 0.15) is 0 Å². The molecular weight excluding hydrogens is 316 g/mol. The SMILES string of the molecule is O=C(c1ccncc1)N1CCC2(CC1)COC(Cc1cnccn1)C2. The second-order valence-electron chi connectivity index (χ2n) is 7.07. The Labute approximate surface area is 147 Å². The molecule has 0 aromatic carbocycles. The fourth-order valence-electron chi connectivity index (χ4n) is 3.90. The summed E-state index contributed by atoms with van der Waals surface area (Å²) in [5, 5.41) is 0. The van der Waals surface area contributed by atoms with Gasteiger partial charge in [0.25, 0.3) is 5.91 Å². The second-order valence-corrected chi connectivity index (χ2v) is 7.07. The molecule has 1 atom stereocenters. The van der Waals surface area contributed by atoms with Crippen molar-refractivity contribution in [1.82, 2.24) is 19.9 Å². The molecule has 2 aromatic rings. The Morgan fingerprint density at radius 1 is 1.16 bits per heavy atom. The van der Waals surface area contributed by atoms with E-state index in [0.717, 1.165) is 51.1 Å². The van der Waals surface area contributed by atoms with Crippen molar-refractivity contribution in [2.24, 2.45) is 5.41 Å². The van der Waals surface area contributed by atoms with Crippen LogP contribution in [0.3, 0.4) is 0 Å². The van der Waals surface area contributed by atoms with E-state index in [-0.39, 0.29) is 17.4 Å². The van der Waals surface area contributed by atoms with Crippen molar-refractivity contribution in [3.63, 3.8) is 0 Å². The third kappa shape index (κ3) is 3.54. The van der Waals surface area contributed by atoms with Gasteiger partial charge in [0.2, 0.25) is 0 Å². The summed E-state index contributed by atoms with van der Waals surface area (Å²) in [6.07, 6.45) is 12.6. The van der Waals surface area contributed by atoms with E-state index in [1.807, 2.05) is 11.1 Å². The molecule has 4 heterocycles. The minimum atomic E-state index is 0.104. The fourth-order valence-corrected chi connectivity index (χ4v) is 3.90. The summed E-state index contributed by atoms with van der Waals surface area (Å²) < 4.78 is 6.05. The maximum absolute atomic E-state index is 12.6. The van der Waals surface area contributed by atoms with Crippen LogP contribution in [-0.4, -0.2) is 51.6 Å². The third-order valence-corrected chi connectivity index (χ3v) is 5.38. The predicted octanol–water partition coefficient (Wildman–Crippen LogP) is 2.13. The van der Waals surface area contributed by atoms with Gasteiger partial charge in [0.05, 0.1) is 18.4 Å². The normalized spacial score (nSPS) is 22.2. The van der Waals surface area contributed by atoms with Gasteiger partial charge in [-0.2, -0.15) is 0 Å². The van der Waals surface area contributed by atoms with Crippen molar-refractivity contribution in [2.75, 3.05) is 19.7 Å². The summed E-state index contributed by atoms with van der Waals surface area (Å²) in [6.45, 7) is 2.37. The minimum Gasteiger partial charge on any atom is -0.377 e. The Kier molecular flexibility index (Phi) is 4.44. The highest BCUT2D eigenvalue weighted by atomic mass is 16.5. The van der Waals surface area contributed by atoms with Crippen molar-refractivity contribution >= 4 is 5.91 Å². The quantitative estimate of drug-likeness (QED) is 0.857. The van der Waals surface area contributed by atoms with Gasteiger partial charge in [0, 0.05) is 56.1 Å². The lowest BCUT2D eigenvalue weighted by atomic mass is 9.76. The van der Waals surface area contributed by atoms with Crippen LogP contribution >= 0.6 is 0 Å². The largest absolute Gasteiger partial charge is 0.377 e. The summed E-state index contributed by atoms with van der Waals surface area (Å²) in [7, 11) is 0. The Balaban J connectivity index is 1.33. The molecule has 1 unspecified atom stereocenters. The molecular formula is C19H22N4O2. The third-order valence-electron chi connectivity index (χ3n) is 5.38. The predicted molar refractivity (Wildman–Crippen MR) is 91.9 cm³/mol. The highest BCUT2D eigenvalue weighted by Gasteiger charge is 2.43. The average Bonchev–Trinajstić information content (AvgIpc) is 3.05. The maximum Gasteiger partial charge on any atom is 0.253 e. The number of hydrogen-bond acceptors (Lipinski definition) is 5. The lowest BCUT2D eigenvalue weighted by Gasteiger charge is -2.38. The molecule has 0 bridgehead atoms. The Hall–Kier alpha value is -2.34. The first kappa shape index (κ1) is 16.1. The Bertz CT molecular complexity index is 715. The molecule has 1 spiro atoms. The number of piperidine rings is 1. The van der Waals surface area contributed by atoms with Gasteiger partial charge in [0.15, 0.2) is 0 Å². The van der Waals surface area contributed by atoms with E-state index >= 15 is 0 Å². The van der Waals surface area contributed by atoms with Gasteiger partial charge in [-0.3, -0.25) is 19.7 Å². The van der Waals surface area contributed by atoms with Gasteiger partial charge in [-0.1, -0.05) is 0 Å². The number of carbonyl (C=O) groups is 1. The van der Waals surface area contributed by atoms with Crippen LogP contribution in [-0.2, 0) is 11.2 Å². The van der Waals surface area contributed by atoms with E-state index in [1.54, 1.807) is 36.9 Å². The highest BCUT2D eigenvalue weighted by Crippen LogP contribution is 2.42. The molecule has 1 amide bonds. The standard InChI is InChI=1S/C19H22N4O2/c24-18(15-1-5-20-6-2-15)23-9-3-19(4-10-23)12-17(25-14-19)11-16-13-21-7-8-22-16/h1-2,5-8,13,17H,3-4,9-12,14H2. The van der Waals surface area contributed by atoms with Crippen molar-refractivity contribution in [2.45, 2.75) is 31.8 Å². The van der Waals surface area contributed by atoms with E-state index < -0.39 is 0 Å². The zero-order valence-corrected chi connectivity index (χ0v) is 14.2. The monoisotopic (exact) mass is 338 g/mol. The number of likely N-dealkylation sites (tertiary alicyclic amines) is 1. The molecule has 2 saturated heterocycles. The molecule has 25 heavy (non-hydrogen) atoms. The van der Waals surface area contributed by atoms with E-state index in [2.05, 4.69) is 15.0 Å². The average molecular weight is 338 g/mol. The van der Waals surface area contributed by atoms with Crippen LogP contribution in [0, 0.1) is 5.41 Å². The first-order chi connectivity index (χ1) is 12.2. The molecule has 6 nitrogen and oxygen atoms in total. The minimum absolute atomic E-state index is 0.104. The summed E-state index contributed by atoms with van der Waals surface area (Å²) in [6, 6.07) is 3.56. The molecule has 130 valence electrons. The van der Waals surface area contributed by atoms with Gasteiger partial charge < -0.3 is 9.64 Å². The van der Waals surface area contributed by atoms with Crippen LogP contribution < -0.4 is 0 Å². The zero-order chi connectivity index (χ0) is 17.1. The number of ether oxygens (including phenoxy) is 1. The van der Waals surface area contributed by atoms with Gasteiger partial charge in [-0.15, -0.1) is 0 Å². The fraction of sp³-hybridized carbons (Fsp3) is 0.474. The smallest absolute Gasteiger partial charge is 0.253 e. The summed E-state index contributed by atoms with van der Waals surface area (Å²) >= 11 is 0. The first-order valence-corrected chi connectivity index (χ1v) is 8.80.